The topological polar surface area (TPSA) is 84.2 Å². The van der Waals surface area contributed by atoms with Crippen molar-refractivity contribution in [3.63, 3.8) is 0 Å². The Labute approximate surface area is 158 Å². The minimum absolute atomic E-state index is 0. The van der Waals surface area contributed by atoms with Crippen LogP contribution < -0.4 is 16.4 Å². The second-order valence-electron chi connectivity index (χ2n) is 6.39. The number of carbonyl (C=O) groups is 2. The van der Waals surface area contributed by atoms with E-state index in [0.29, 0.717) is 18.2 Å². The molecule has 0 spiro atoms. The zero-order chi connectivity index (χ0) is 17.7. The van der Waals surface area contributed by atoms with Gasteiger partial charge in [0.15, 0.2) is 0 Å². The van der Waals surface area contributed by atoms with Gasteiger partial charge in [-0.1, -0.05) is 0 Å². The van der Waals surface area contributed by atoms with Gasteiger partial charge in [-0.05, 0) is 56.9 Å². The number of nitrogens with two attached hydrogens (primary N) is 1. The first-order valence-electron chi connectivity index (χ1n) is 8.03. The van der Waals surface area contributed by atoms with Gasteiger partial charge in [0.05, 0.1) is 16.5 Å². The van der Waals surface area contributed by atoms with Gasteiger partial charge in [0.2, 0.25) is 11.8 Å². The SMILES string of the molecule is CC(SCC(=O)Nc1ccc(F)cc1)C(=O)NC(C)(CN)C1CC1.Cl. The summed E-state index contributed by atoms with van der Waals surface area (Å²) in [5.74, 6) is -0.0875. The van der Waals surface area contributed by atoms with Crippen LogP contribution in [-0.2, 0) is 9.59 Å². The van der Waals surface area contributed by atoms with E-state index in [0.717, 1.165) is 12.8 Å². The van der Waals surface area contributed by atoms with Crippen LogP contribution in [0.25, 0.3) is 0 Å². The van der Waals surface area contributed by atoms with E-state index >= 15 is 0 Å². The van der Waals surface area contributed by atoms with E-state index in [2.05, 4.69) is 10.6 Å². The average Bonchev–Trinajstić information content (AvgIpc) is 3.40. The normalized spacial score (nSPS) is 17.0. The van der Waals surface area contributed by atoms with Crippen molar-refractivity contribution >= 4 is 41.7 Å². The molecule has 0 aromatic heterocycles. The molecule has 0 aliphatic heterocycles. The zero-order valence-electron chi connectivity index (χ0n) is 14.4. The molecule has 1 saturated carbocycles. The molecule has 1 fully saturated rings. The van der Waals surface area contributed by atoms with Crippen molar-refractivity contribution in [3.8, 4) is 0 Å². The monoisotopic (exact) mass is 389 g/mol. The molecular weight excluding hydrogens is 365 g/mol. The Morgan fingerprint density at radius 3 is 2.48 bits per heavy atom. The molecule has 1 aromatic rings. The van der Waals surface area contributed by atoms with Crippen LogP contribution in [0.1, 0.15) is 26.7 Å². The van der Waals surface area contributed by atoms with Gasteiger partial charge in [0.25, 0.3) is 0 Å². The van der Waals surface area contributed by atoms with Gasteiger partial charge in [-0.2, -0.15) is 0 Å². The molecule has 2 unspecified atom stereocenters. The summed E-state index contributed by atoms with van der Waals surface area (Å²) >= 11 is 1.26. The van der Waals surface area contributed by atoms with Crippen LogP contribution in [0.3, 0.4) is 0 Å². The summed E-state index contributed by atoms with van der Waals surface area (Å²) in [5.41, 5.74) is 5.98. The standard InChI is InChI=1S/C17H24FN3O2S.ClH/c1-11(16(23)21-17(2,10-19)12-3-4-12)24-9-15(22)20-14-7-5-13(18)6-8-14;/h5-8,11-12H,3-4,9-10,19H2,1-2H3,(H,20,22)(H,21,23);1H. The van der Waals surface area contributed by atoms with Crippen molar-refractivity contribution in [1.82, 2.24) is 5.32 Å². The lowest BCUT2D eigenvalue weighted by Gasteiger charge is -2.30. The predicted molar refractivity (Wildman–Crippen MR) is 103 cm³/mol. The van der Waals surface area contributed by atoms with E-state index in [1.807, 2.05) is 6.92 Å². The second kappa shape index (κ2) is 9.40. The Morgan fingerprint density at radius 2 is 1.96 bits per heavy atom. The van der Waals surface area contributed by atoms with Gasteiger partial charge in [0, 0.05) is 12.2 Å². The van der Waals surface area contributed by atoms with Crippen LogP contribution in [0.2, 0.25) is 0 Å². The highest BCUT2D eigenvalue weighted by atomic mass is 35.5. The lowest BCUT2D eigenvalue weighted by molar-refractivity contribution is -0.122. The van der Waals surface area contributed by atoms with Crippen molar-refractivity contribution in [2.24, 2.45) is 11.7 Å². The van der Waals surface area contributed by atoms with Crippen LogP contribution in [-0.4, -0.2) is 34.9 Å². The quantitative estimate of drug-likeness (QED) is 0.638. The fourth-order valence-corrected chi connectivity index (χ4v) is 3.11. The first kappa shape index (κ1) is 21.7. The molecule has 0 heterocycles. The Morgan fingerprint density at radius 1 is 1.36 bits per heavy atom. The number of rotatable bonds is 8. The van der Waals surface area contributed by atoms with Gasteiger partial charge in [0.1, 0.15) is 5.82 Å². The van der Waals surface area contributed by atoms with E-state index < -0.39 is 0 Å². The van der Waals surface area contributed by atoms with Crippen molar-refractivity contribution in [1.29, 1.82) is 0 Å². The summed E-state index contributed by atoms with van der Waals surface area (Å²) in [6, 6.07) is 5.56. The van der Waals surface area contributed by atoms with Crippen LogP contribution in [0.4, 0.5) is 10.1 Å². The van der Waals surface area contributed by atoms with Gasteiger partial charge in [-0.15, -0.1) is 24.2 Å². The molecule has 8 heteroatoms. The third kappa shape index (κ3) is 6.49. The van der Waals surface area contributed by atoms with Crippen LogP contribution in [0, 0.1) is 11.7 Å². The second-order valence-corrected chi connectivity index (χ2v) is 7.72. The van der Waals surface area contributed by atoms with E-state index in [1.54, 1.807) is 6.92 Å². The number of thioether (sulfide) groups is 1. The van der Waals surface area contributed by atoms with Gasteiger partial charge >= 0.3 is 0 Å². The molecule has 1 aliphatic carbocycles. The van der Waals surface area contributed by atoms with Gasteiger partial charge < -0.3 is 16.4 Å². The number of hydrogen-bond donors (Lipinski definition) is 3. The lowest BCUT2D eigenvalue weighted by Crippen LogP contribution is -2.55. The maximum absolute atomic E-state index is 12.8. The molecule has 1 aliphatic rings. The van der Waals surface area contributed by atoms with Crippen molar-refractivity contribution in [2.45, 2.75) is 37.5 Å². The molecule has 0 bridgehead atoms. The molecule has 4 N–H and O–H groups in total. The minimum Gasteiger partial charge on any atom is -0.348 e. The maximum atomic E-state index is 12.8. The molecule has 2 atom stereocenters. The number of carbonyl (C=O) groups excluding carboxylic acids is 2. The molecule has 2 rings (SSSR count). The Hall–Kier alpha value is -1.31. The van der Waals surface area contributed by atoms with E-state index in [9.17, 15) is 14.0 Å². The first-order valence-corrected chi connectivity index (χ1v) is 9.08. The Bertz CT molecular complexity index is 598. The van der Waals surface area contributed by atoms with E-state index in [1.165, 1.54) is 36.0 Å². The largest absolute Gasteiger partial charge is 0.348 e. The Balaban J connectivity index is 0.00000312. The lowest BCUT2D eigenvalue weighted by atomic mass is 9.96. The number of nitrogens with one attached hydrogen (secondary N) is 2. The molecule has 140 valence electrons. The zero-order valence-corrected chi connectivity index (χ0v) is 16.0. The minimum atomic E-state index is -0.359. The van der Waals surface area contributed by atoms with Gasteiger partial charge in [-0.3, -0.25) is 9.59 Å². The molecule has 5 nitrogen and oxygen atoms in total. The van der Waals surface area contributed by atoms with Crippen molar-refractivity contribution in [3.05, 3.63) is 30.1 Å². The number of anilines is 1. The fraction of sp³-hybridized carbons (Fsp3) is 0.529. The number of benzene rings is 1. The van der Waals surface area contributed by atoms with Gasteiger partial charge in [-0.25, -0.2) is 4.39 Å². The summed E-state index contributed by atoms with van der Waals surface area (Å²) in [6.07, 6.45) is 2.19. The maximum Gasteiger partial charge on any atom is 0.234 e. The third-order valence-corrected chi connectivity index (χ3v) is 5.42. The first-order chi connectivity index (χ1) is 11.3. The average molecular weight is 390 g/mol. The highest BCUT2D eigenvalue weighted by molar-refractivity contribution is 8.01. The highest BCUT2D eigenvalue weighted by Gasteiger charge is 2.42. The molecule has 0 saturated heterocycles. The van der Waals surface area contributed by atoms with Crippen LogP contribution in [0.5, 0.6) is 0 Å². The smallest absolute Gasteiger partial charge is 0.234 e. The fourth-order valence-electron chi connectivity index (χ4n) is 2.43. The van der Waals surface area contributed by atoms with Crippen molar-refractivity contribution in [2.75, 3.05) is 17.6 Å². The Kier molecular flexibility index (Phi) is 8.18. The molecule has 2 amide bonds. The summed E-state index contributed by atoms with van der Waals surface area (Å²) in [4.78, 5) is 24.2. The summed E-state index contributed by atoms with van der Waals surface area (Å²) in [7, 11) is 0. The molecule has 0 radical (unpaired) electrons. The van der Waals surface area contributed by atoms with Crippen LogP contribution in [0.15, 0.2) is 24.3 Å². The molecular formula is C17H25ClFN3O2S. The van der Waals surface area contributed by atoms with E-state index in [-0.39, 0.29) is 46.6 Å². The molecule has 1 aromatic carbocycles. The van der Waals surface area contributed by atoms with Crippen molar-refractivity contribution < 1.29 is 14.0 Å². The third-order valence-electron chi connectivity index (χ3n) is 4.27. The highest BCUT2D eigenvalue weighted by Crippen LogP contribution is 2.39. The summed E-state index contributed by atoms with van der Waals surface area (Å²) in [5, 5.41) is 5.35. The summed E-state index contributed by atoms with van der Waals surface area (Å²) < 4.78 is 12.8. The number of hydrogen-bond acceptors (Lipinski definition) is 4. The van der Waals surface area contributed by atoms with Crippen LogP contribution >= 0.6 is 24.2 Å². The summed E-state index contributed by atoms with van der Waals surface area (Å²) in [6.45, 7) is 4.15. The number of halogens is 2. The predicted octanol–water partition coefficient (Wildman–Crippen LogP) is 2.55. The van der Waals surface area contributed by atoms with E-state index in [4.69, 9.17) is 5.73 Å². The molecule has 25 heavy (non-hydrogen) atoms. The number of amides is 2.